The summed E-state index contributed by atoms with van der Waals surface area (Å²) in [4.78, 5) is 0. The van der Waals surface area contributed by atoms with Crippen LogP contribution in [0.2, 0.25) is 10.0 Å². The molecular weight excluding hydrogens is 301 g/mol. The third kappa shape index (κ3) is 3.53. The highest BCUT2D eigenvalue weighted by atomic mass is 35.5. The molecule has 1 aliphatic carbocycles. The monoisotopic (exact) mass is 319 g/mol. The zero-order valence-corrected chi connectivity index (χ0v) is 13.4. The zero-order valence-electron chi connectivity index (χ0n) is 11.9. The first-order valence-corrected chi connectivity index (χ1v) is 8.26. The fourth-order valence-electron chi connectivity index (χ4n) is 3.20. The molecule has 0 bridgehead atoms. The summed E-state index contributed by atoms with van der Waals surface area (Å²) in [6.45, 7) is 0. The molecule has 0 radical (unpaired) electrons. The summed E-state index contributed by atoms with van der Waals surface area (Å²) in [5, 5.41) is 4.86. The van der Waals surface area contributed by atoms with Crippen LogP contribution in [-0.2, 0) is 0 Å². The molecule has 2 atom stereocenters. The molecule has 0 amide bonds. The minimum atomic E-state index is 0.457. The van der Waals surface area contributed by atoms with Gasteiger partial charge in [0, 0.05) is 17.6 Å². The number of hydrogen-bond acceptors (Lipinski definition) is 1. The molecule has 3 heteroatoms. The number of nitrogens with one attached hydrogen (secondary N) is 1. The van der Waals surface area contributed by atoms with Crippen LogP contribution in [0, 0.1) is 0 Å². The van der Waals surface area contributed by atoms with Crippen molar-refractivity contribution in [3.05, 3.63) is 64.1 Å². The van der Waals surface area contributed by atoms with E-state index in [2.05, 4.69) is 35.6 Å². The molecule has 1 aliphatic rings. The molecule has 2 unspecified atom stereocenters. The number of hydrogen-bond donors (Lipinski definition) is 1. The quantitative estimate of drug-likeness (QED) is 0.717. The zero-order chi connectivity index (χ0) is 14.7. The molecule has 21 heavy (non-hydrogen) atoms. The Hall–Kier alpha value is -1.18. The molecule has 2 aromatic carbocycles. The van der Waals surface area contributed by atoms with E-state index in [0.717, 1.165) is 5.69 Å². The minimum Gasteiger partial charge on any atom is -0.382 e. The molecule has 110 valence electrons. The van der Waals surface area contributed by atoms with Crippen LogP contribution >= 0.6 is 23.2 Å². The van der Waals surface area contributed by atoms with E-state index in [9.17, 15) is 0 Å². The average molecular weight is 320 g/mol. The van der Waals surface area contributed by atoms with E-state index in [1.807, 2.05) is 18.2 Å². The van der Waals surface area contributed by atoms with E-state index < -0.39 is 0 Å². The van der Waals surface area contributed by atoms with Crippen LogP contribution in [0.1, 0.15) is 37.2 Å². The molecule has 3 rings (SSSR count). The van der Waals surface area contributed by atoms with Crippen molar-refractivity contribution in [1.29, 1.82) is 0 Å². The van der Waals surface area contributed by atoms with Gasteiger partial charge < -0.3 is 5.32 Å². The molecule has 1 N–H and O–H groups in total. The summed E-state index contributed by atoms with van der Waals surface area (Å²) in [6.07, 6.45) is 5.02. The number of rotatable bonds is 3. The van der Waals surface area contributed by atoms with Gasteiger partial charge >= 0.3 is 0 Å². The highest BCUT2D eigenvalue weighted by Crippen LogP contribution is 2.35. The van der Waals surface area contributed by atoms with Crippen molar-refractivity contribution in [1.82, 2.24) is 0 Å². The standard InChI is InChI=1S/C18H19Cl2N/c19-16-11-10-14(12-17(16)20)21-18-9-5-4-8-15(18)13-6-2-1-3-7-13/h1-3,6-7,10-12,15,18,21H,4-5,8-9H2. The first kappa shape index (κ1) is 14.7. The van der Waals surface area contributed by atoms with Crippen LogP contribution in [0.5, 0.6) is 0 Å². The summed E-state index contributed by atoms with van der Waals surface area (Å²) >= 11 is 12.1. The summed E-state index contributed by atoms with van der Waals surface area (Å²) in [7, 11) is 0. The van der Waals surface area contributed by atoms with Crippen LogP contribution < -0.4 is 5.32 Å². The molecule has 0 heterocycles. The molecule has 0 saturated heterocycles. The van der Waals surface area contributed by atoms with Gasteiger partial charge in [-0.25, -0.2) is 0 Å². The Balaban J connectivity index is 1.79. The topological polar surface area (TPSA) is 12.0 Å². The van der Waals surface area contributed by atoms with Gasteiger partial charge in [0.05, 0.1) is 10.0 Å². The van der Waals surface area contributed by atoms with Crippen LogP contribution in [-0.4, -0.2) is 6.04 Å². The Labute approximate surface area is 136 Å². The van der Waals surface area contributed by atoms with Crippen molar-refractivity contribution in [3.8, 4) is 0 Å². The van der Waals surface area contributed by atoms with E-state index in [4.69, 9.17) is 23.2 Å². The van der Waals surface area contributed by atoms with E-state index in [0.29, 0.717) is 22.0 Å². The Kier molecular flexibility index (Phi) is 4.72. The maximum atomic E-state index is 6.11. The Morgan fingerprint density at radius 3 is 2.38 bits per heavy atom. The molecule has 0 aliphatic heterocycles. The SMILES string of the molecule is Clc1ccc(NC2CCCCC2c2ccccc2)cc1Cl. The third-order valence-corrected chi connectivity index (χ3v) is 5.00. The molecule has 0 aromatic heterocycles. The lowest BCUT2D eigenvalue weighted by atomic mass is 9.80. The van der Waals surface area contributed by atoms with E-state index in [-0.39, 0.29) is 0 Å². The van der Waals surface area contributed by atoms with Gasteiger partial charge in [-0.2, -0.15) is 0 Å². The highest BCUT2D eigenvalue weighted by molar-refractivity contribution is 6.42. The van der Waals surface area contributed by atoms with Gasteiger partial charge in [0.15, 0.2) is 0 Å². The van der Waals surface area contributed by atoms with Crippen molar-refractivity contribution >= 4 is 28.9 Å². The second kappa shape index (κ2) is 6.72. The molecule has 1 fully saturated rings. The summed E-state index contributed by atoms with van der Waals surface area (Å²) in [5.41, 5.74) is 2.48. The fourth-order valence-corrected chi connectivity index (χ4v) is 3.50. The van der Waals surface area contributed by atoms with Gasteiger partial charge in [0.1, 0.15) is 0 Å². The Morgan fingerprint density at radius 2 is 1.62 bits per heavy atom. The average Bonchev–Trinajstić information content (AvgIpc) is 2.52. The second-order valence-electron chi connectivity index (χ2n) is 5.68. The van der Waals surface area contributed by atoms with Crippen molar-refractivity contribution in [3.63, 3.8) is 0 Å². The normalized spacial score (nSPS) is 22.0. The highest BCUT2D eigenvalue weighted by Gasteiger charge is 2.26. The lowest BCUT2D eigenvalue weighted by Gasteiger charge is -2.33. The van der Waals surface area contributed by atoms with Crippen molar-refractivity contribution < 1.29 is 0 Å². The van der Waals surface area contributed by atoms with Crippen molar-refractivity contribution in [2.45, 2.75) is 37.6 Å². The summed E-state index contributed by atoms with van der Waals surface area (Å²) < 4.78 is 0. The van der Waals surface area contributed by atoms with Gasteiger partial charge in [-0.15, -0.1) is 0 Å². The minimum absolute atomic E-state index is 0.457. The lowest BCUT2D eigenvalue weighted by Crippen LogP contribution is -2.30. The predicted octanol–water partition coefficient (Wildman–Crippen LogP) is 6.13. The van der Waals surface area contributed by atoms with Crippen molar-refractivity contribution in [2.24, 2.45) is 0 Å². The number of benzene rings is 2. The van der Waals surface area contributed by atoms with Gasteiger partial charge in [-0.1, -0.05) is 66.4 Å². The molecule has 1 nitrogen and oxygen atoms in total. The molecule has 1 saturated carbocycles. The van der Waals surface area contributed by atoms with Gasteiger partial charge in [-0.3, -0.25) is 0 Å². The van der Waals surface area contributed by atoms with Crippen LogP contribution in [0.4, 0.5) is 5.69 Å². The lowest BCUT2D eigenvalue weighted by molar-refractivity contribution is 0.405. The van der Waals surface area contributed by atoms with Gasteiger partial charge in [0.25, 0.3) is 0 Å². The van der Waals surface area contributed by atoms with E-state index in [1.165, 1.54) is 31.2 Å². The number of anilines is 1. The smallest absolute Gasteiger partial charge is 0.0612 e. The fraction of sp³-hybridized carbons (Fsp3) is 0.333. The molecule has 0 spiro atoms. The summed E-state index contributed by atoms with van der Waals surface area (Å²) in [6, 6.07) is 17.0. The first-order chi connectivity index (χ1) is 10.2. The summed E-state index contributed by atoms with van der Waals surface area (Å²) in [5.74, 6) is 0.564. The predicted molar refractivity (Wildman–Crippen MR) is 91.5 cm³/mol. The van der Waals surface area contributed by atoms with Crippen LogP contribution in [0.25, 0.3) is 0 Å². The second-order valence-corrected chi connectivity index (χ2v) is 6.50. The van der Waals surface area contributed by atoms with E-state index >= 15 is 0 Å². The van der Waals surface area contributed by atoms with Gasteiger partial charge in [0.2, 0.25) is 0 Å². The van der Waals surface area contributed by atoms with Crippen LogP contribution in [0.3, 0.4) is 0 Å². The maximum Gasteiger partial charge on any atom is 0.0612 e. The van der Waals surface area contributed by atoms with Gasteiger partial charge in [-0.05, 0) is 36.6 Å². The third-order valence-electron chi connectivity index (χ3n) is 4.27. The van der Waals surface area contributed by atoms with E-state index in [1.54, 1.807) is 0 Å². The largest absolute Gasteiger partial charge is 0.382 e. The number of halogens is 2. The Bertz CT molecular complexity index is 597. The van der Waals surface area contributed by atoms with Crippen LogP contribution in [0.15, 0.2) is 48.5 Å². The Morgan fingerprint density at radius 1 is 0.857 bits per heavy atom. The molecule has 2 aromatic rings. The maximum absolute atomic E-state index is 6.11. The first-order valence-electron chi connectivity index (χ1n) is 7.50. The van der Waals surface area contributed by atoms with Crippen molar-refractivity contribution in [2.75, 3.05) is 5.32 Å². The molecular formula is C18H19Cl2N.